The maximum Gasteiger partial charge on any atom is 0.324 e. The largest absolute Gasteiger partial charge is 0.378 e. The quantitative estimate of drug-likeness (QED) is 0.897. The number of thiazole rings is 1. The molecule has 1 aromatic carbocycles. The molecule has 0 spiro atoms. The highest BCUT2D eigenvalue weighted by Gasteiger charge is 2.39. The third kappa shape index (κ3) is 3.32. The molecule has 25 heavy (non-hydrogen) atoms. The van der Waals surface area contributed by atoms with Crippen molar-refractivity contribution in [1.29, 1.82) is 0 Å². The lowest BCUT2D eigenvalue weighted by atomic mass is 9.95. The van der Waals surface area contributed by atoms with Gasteiger partial charge in [0.25, 0.3) is 0 Å². The van der Waals surface area contributed by atoms with Crippen LogP contribution in [-0.4, -0.2) is 35.1 Å². The topological polar surface area (TPSA) is 54.5 Å². The molecule has 0 aliphatic carbocycles. The first-order valence-corrected chi connectivity index (χ1v) is 9.41. The van der Waals surface area contributed by atoms with Crippen molar-refractivity contribution >= 4 is 28.1 Å². The molecular weight excluding hydrogens is 334 g/mol. The van der Waals surface area contributed by atoms with E-state index in [4.69, 9.17) is 4.74 Å². The van der Waals surface area contributed by atoms with E-state index in [-0.39, 0.29) is 18.1 Å². The summed E-state index contributed by atoms with van der Waals surface area (Å²) in [5.41, 5.74) is 3.47. The summed E-state index contributed by atoms with van der Waals surface area (Å²) in [6.07, 6.45) is 5.26. The molecule has 2 aliphatic rings. The van der Waals surface area contributed by atoms with Crippen LogP contribution in [0.3, 0.4) is 0 Å². The average molecular weight is 355 g/mol. The number of carbonyl (C=O) groups is 1. The van der Waals surface area contributed by atoms with Crippen LogP contribution in [0.15, 0.2) is 41.8 Å². The summed E-state index contributed by atoms with van der Waals surface area (Å²) < 4.78 is 5.07. The summed E-state index contributed by atoms with van der Waals surface area (Å²) in [4.78, 5) is 19.1. The highest BCUT2D eigenvalue weighted by molar-refractivity contribution is 7.13. The Labute approximate surface area is 151 Å². The third-order valence-electron chi connectivity index (χ3n) is 4.83. The first kappa shape index (κ1) is 16.3. The lowest BCUT2D eigenvalue weighted by molar-refractivity contribution is 0.182. The molecule has 2 unspecified atom stereocenters. The number of benzene rings is 1. The fourth-order valence-electron chi connectivity index (χ4n) is 3.75. The molecule has 1 fully saturated rings. The van der Waals surface area contributed by atoms with Gasteiger partial charge in [0.05, 0.1) is 18.3 Å². The van der Waals surface area contributed by atoms with Gasteiger partial charge < -0.3 is 9.64 Å². The molecular formula is C19H21N3O2S. The molecule has 3 heterocycles. The van der Waals surface area contributed by atoms with Crippen LogP contribution in [0, 0.1) is 0 Å². The van der Waals surface area contributed by atoms with E-state index in [1.165, 1.54) is 22.5 Å². The minimum Gasteiger partial charge on any atom is -0.378 e. The van der Waals surface area contributed by atoms with Crippen molar-refractivity contribution in [2.75, 3.05) is 12.4 Å². The van der Waals surface area contributed by atoms with Gasteiger partial charge in [-0.25, -0.2) is 9.78 Å². The van der Waals surface area contributed by atoms with Gasteiger partial charge in [0, 0.05) is 18.5 Å². The van der Waals surface area contributed by atoms with E-state index >= 15 is 0 Å². The van der Waals surface area contributed by atoms with Crippen LogP contribution in [0.1, 0.15) is 30.5 Å². The zero-order valence-corrected chi connectivity index (χ0v) is 15.0. The first-order chi connectivity index (χ1) is 12.2. The molecule has 2 bridgehead atoms. The number of nitrogens with zero attached hydrogens (tertiary/aromatic N) is 2. The van der Waals surface area contributed by atoms with Gasteiger partial charge in [-0.2, -0.15) is 0 Å². The van der Waals surface area contributed by atoms with Gasteiger partial charge in [-0.1, -0.05) is 36.4 Å². The van der Waals surface area contributed by atoms with E-state index in [2.05, 4.69) is 40.6 Å². The lowest BCUT2D eigenvalue weighted by Crippen LogP contribution is -2.45. The number of hydrogen-bond donors (Lipinski definition) is 1. The predicted molar refractivity (Wildman–Crippen MR) is 99.5 cm³/mol. The fourth-order valence-corrected chi connectivity index (χ4v) is 4.43. The maximum absolute atomic E-state index is 12.8. The van der Waals surface area contributed by atoms with Crippen LogP contribution >= 0.6 is 11.3 Å². The minimum atomic E-state index is -0.0471. The number of anilines is 1. The van der Waals surface area contributed by atoms with Crippen LogP contribution < -0.4 is 5.32 Å². The Balaban J connectivity index is 1.48. The number of methoxy groups -OCH3 is 1. The number of rotatable bonds is 4. The molecule has 130 valence electrons. The second-order valence-corrected chi connectivity index (χ2v) is 7.33. The Morgan fingerprint density at radius 3 is 2.96 bits per heavy atom. The molecule has 1 saturated heterocycles. The summed E-state index contributed by atoms with van der Waals surface area (Å²) in [7, 11) is 1.64. The molecule has 2 aromatic rings. The number of nitrogens with one attached hydrogen (secondary N) is 1. The lowest BCUT2D eigenvalue weighted by Gasteiger charge is -2.33. The predicted octanol–water partition coefficient (Wildman–Crippen LogP) is 4.14. The Morgan fingerprint density at radius 2 is 2.20 bits per heavy atom. The van der Waals surface area contributed by atoms with Gasteiger partial charge in [0.1, 0.15) is 0 Å². The van der Waals surface area contributed by atoms with E-state index < -0.39 is 0 Å². The van der Waals surface area contributed by atoms with Gasteiger partial charge >= 0.3 is 6.03 Å². The number of aromatic nitrogens is 1. The smallest absolute Gasteiger partial charge is 0.324 e. The molecule has 2 atom stereocenters. The Morgan fingerprint density at radius 1 is 1.36 bits per heavy atom. The number of urea groups is 1. The van der Waals surface area contributed by atoms with E-state index in [1.54, 1.807) is 7.11 Å². The van der Waals surface area contributed by atoms with Crippen molar-refractivity contribution in [3.63, 3.8) is 0 Å². The van der Waals surface area contributed by atoms with Crippen LogP contribution in [0.25, 0.3) is 5.57 Å². The Bertz CT molecular complexity index is 787. The summed E-state index contributed by atoms with van der Waals surface area (Å²) in [5, 5.41) is 5.50. The van der Waals surface area contributed by atoms with Crippen molar-refractivity contribution in [2.24, 2.45) is 0 Å². The molecule has 5 nitrogen and oxygen atoms in total. The van der Waals surface area contributed by atoms with Crippen LogP contribution in [-0.2, 0) is 11.3 Å². The van der Waals surface area contributed by atoms with Gasteiger partial charge in [-0.05, 0) is 30.4 Å². The van der Waals surface area contributed by atoms with E-state index in [1.807, 2.05) is 16.3 Å². The number of hydrogen-bond acceptors (Lipinski definition) is 4. The molecule has 2 amide bonds. The number of ether oxygens (including phenoxy) is 1. The number of carbonyl (C=O) groups excluding carboxylic acids is 1. The normalized spacial score (nSPS) is 22.0. The molecule has 2 aliphatic heterocycles. The standard InChI is InChI=1S/C19H21N3O2S/c1-24-11-15-12-25-18(20-15)21-19(23)22-16-7-8-17(22)10-14(9-16)13-5-3-2-4-6-13/h2-6,9,12,16-17H,7-8,10-11H2,1H3,(H,20,21,23). The highest BCUT2D eigenvalue weighted by Crippen LogP contribution is 2.38. The van der Waals surface area contributed by atoms with E-state index in [9.17, 15) is 4.79 Å². The van der Waals surface area contributed by atoms with Crippen LogP contribution in [0.2, 0.25) is 0 Å². The van der Waals surface area contributed by atoms with Crippen LogP contribution in [0.4, 0.5) is 9.93 Å². The Hall–Kier alpha value is -2.18. The fraction of sp³-hybridized carbons (Fsp3) is 0.368. The van der Waals surface area contributed by atoms with Gasteiger partial charge in [-0.15, -0.1) is 11.3 Å². The summed E-state index contributed by atoms with van der Waals surface area (Å²) >= 11 is 1.44. The molecule has 0 radical (unpaired) electrons. The number of amides is 2. The molecule has 1 aromatic heterocycles. The SMILES string of the molecule is COCc1csc(NC(=O)N2C3C=C(c4ccccc4)CC2CC3)n1. The van der Waals surface area contributed by atoms with Crippen molar-refractivity contribution < 1.29 is 9.53 Å². The van der Waals surface area contributed by atoms with E-state index in [0.29, 0.717) is 11.7 Å². The molecule has 4 rings (SSSR count). The van der Waals surface area contributed by atoms with Crippen molar-refractivity contribution in [3.05, 3.63) is 53.0 Å². The van der Waals surface area contributed by atoms with Gasteiger partial charge in [-0.3, -0.25) is 5.32 Å². The Kier molecular flexibility index (Phi) is 4.55. The first-order valence-electron chi connectivity index (χ1n) is 8.53. The summed E-state index contributed by atoms with van der Waals surface area (Å²) in [6.45, 7) is 0.463. The summed E-state index contributed by atoms with van der Waals surface area (Å²) in [5.74, 6) is 0. The van der Waals surface area contributed by atoms with E-state index in [0.717, 1.165) is 25.0 Å². The van der Waals surface area contributed by atoms with Crippen molar-refractivity contribution in [2.45, 2.75) is 38.0 Å². The zero-order chi connectivity index (χ0) is 17.2. The monoisotopic (exact) mass is 355 g/mol. The van der Waals surface area contributed by atoms with Crippen molar-refractivity contribution in [3.8, 4) is 0 Å². The molecule has 0 saturated carbocycles. The molecule has 6 heteroatoms. The highest BCUT2D eigenvalue weighted by atomic mass is 32.1. The minimum absolute atomic E-state index is 0.0471. The second kappa shape index (κ2) is 6.98. The third-order valence-corrected chi connectivity index (χ3v) is 5.64. The summed E-state index contributed by atoms with van der Waals surface area (Å²) in [6, 6.07) is 10.9. The average Bonchev–Trinajstić information content (AvgIpc) is 3.17. The zero-order valence-electron chi connectivity index (χ0n) is 14.1. The van der Waals surface area contributed by atoms with Crippen molar-refractivity contribution in [1.82, 2.24) is 9.88 Å². The number of fused-ring (bicyclic) bond motifs is 2. The van der Waals surface area contributed by atoms with Crippen LogP contribution in [0.5, 0.6) is 0 Å². The second-order valence-electron chi connectivity index (χ2n) is 6.48. The van der Waals surface area contributed by atoms with Gasteiger partial charge in [0.15, 0.2) is 5.13 Å². The van der Waals surface area contributed by atoms with Gasteiger partial charge in [0.2, 0.25) is 0 Å². The maximum atomic E-state index is 12.8. The molecule has 1 N–H and O–H groups in total.